The first-order chi connectivity index (χ1) is 9.04. The van der Waals surface area contributed by atoms with Gasteiger partial charge < -0.3 is 4.74 Å². The zero-order valence-corrected chi connectivity index (χ0v) is 12.1. The number of methoxy groups -OCH3 is 1. The summed E-state index contributed by atoms with van der Waals surface area (Å²) in [6.07, 6.45) is 10.2. The van der Waals surface area contributed by atoms with E-state index in [2.05, 4.69) is 26.0 Å². The molecule has 3 nitrogen and oxygen atoms in total. The van der Waals surface area contributed by atoms with Crippen LogP contribution in [-0.2, 0) is 14.3 Å². The molecular weight excluding hydrogens is 240 g/mol. The molecule has 0 N–H and O–H groups in total. The first-order valence-corrected chi connectivity index (χ1v) is 7.03. The molecule has 0 bridgehead atoms. The average Bonchev–Trinajstić information content (AvgIpc) is 2.42. The Bertz CT molecular complexity index is 377. The van der Waals surface area contributed by atoms with Crippen molar-refractivity contribution < 1.29 is 14.3 Å². The third-order valence-electron chi connectivity index (χ3n) is 3.37. The lowest BCUT2D eigenvalue weighted by molar-refractivity contribution is -0.137. The zero-order chi connectivity index (χ0) is 14.3. The van der Waals surface area contributed by atoms with Crippen LogP contribution in [0.4, 0.5) is 0 Å². The molecule has 0 radical (unpaired) electrons. The molecule has 0 aromatic heterocycles. The number of hydrogen-bond donors (Lipinski definition) is 0. The van der Waals surface area contributed by atoms with Crippen LogP contribution in [-0.4, -0.2) is 18.9 Å². The van der Waals surface area contributed by atoms with Crippen molar-refractivity contribution in [2.45, 2.75) is 46.0 Å². The van der Waals surface area contributed by atoms with Crippen molar-refractivity contribution in [3.05, 3.63) is 23.8 Å². The third kappa shape index (κ3) is 5.41. The fraction of sp³-hybridized carbons (Fsp3) is 0.625. The number of ether oxygens (including phenoxy) is 1. The number of esters is 1. The monoisotopic (exact) mass is 264 g/mol. The maximum atomic E-state index is 12.1. The van der Waals surface area contributed by atoms with Crippen molar-refractivity contribution in [3.8, 4) is 0 Å². The number of allylic oxidation sites excluding steroid dienone is 3. The Labute approximate surface area is 115 Å². The quantitative estimate of drug-likeness (QED) is 0.243. The first-order valence-electron chi connectivity index (χ1n) is 7.03. The highest BCUT2D eigenvalue weighted by Gasteiger charge is 2.21. The minimum Gasteiger partial charge on any atom is -0.465 e. The Balaban J connectivity index is 2.75. The van der Waals surface area contributed by atoms with Gasteiger partial charge in [-0.15, -0.1) is 0 Å². The van der Waals surface area contributed by atoms with Crippen molar-refractivity contribution in [1.29, 1.82) is 0 Å². The van der Waals surface area contributed by atoms with Gasteiger partial charge in [0, 0.05) is 6.42 Å². The summed E-state index contributed by atoms with van der Waals surface area (Å²) >= 11 is 0. The molecule has 1 unspecified atom stereocenters. The Morgan fingerprint density at radius 3 is 2.63 bits per heavy atom. The molecule has 0 fully saturated rings. The summed E-state index contributed by atoms with van der Waals surface area (Å²) in [5.41, 5.74) is 0.239. The molecule has 0 spiro atoms. The highest BCUT2D eigenvalue weighted by Crippen LogP contribution is 2.22. The van der Waals surface area contributed by atoms with E-state index in [4.69, 9.17) is 4.74 Å². The molecule has 3 heteroatoms. The van der Waals surface area contributed by atoms with Gasteiger partial charge in [-0.3, -0.25) is 4.79 Å². The second-order valence-corrected chi connectivity index (χ2v) is 5.47. The van der Waals surface area contributed by atoms with Crippen molar-refractivity contribution in [1.82, 2.24) is 0 Å². The second-order valence-electron chi connectivity index (χ2n) is 5.47. The van der Waals surface area contributed by atoms with Crippen LogP contribution in [0.15, 0.2) is 23.8 Å². The lowest BCUT2D eigenvalue weighted by Crippen LogP contribution is -2.17. The fourth-order valence-corrected chi connectivity index (χ4v) is 2.14. The molecule has 106 valence electrons. The lowest BCUT2D eigenvalue weighted by atomic mass is 9.90. The maximum absolute atomic E-state index is 12.1. The van der Waals surface area contributed by atoms with E-state index in [1.54, 1.807) is 0 Å². The number of carbonyl (C=O) groups excluding carboxylic acids is 2. The lowest BCUT2D eigenvalue weighted by Gasteiger charge is -2.15. The van der Waals surface area contributed by atoms with Crippen LogP contribution in [0, 0.1) is 11.8 Å². The molecule has 0 saturated carbocycles. The summed E-state index contributed by atoms with van der Waals surface area (Å²) in [7, 11) is 1.33. The van der Waals surface area contributed by atoms with Gasteiger partial charge in [-0.05, 0) is 37.5 Å². The normalized spacial score (nSPS) is 19.6. The van der Waals surface area contributed by atoms with Crippen LogP contribution in [0.3, 0.4) is 0 Å². The third-order valence-corrected chi connectivity index (χ3v) is 3.37. The Kier molecular flexibility index (Phi) is 6.54. The smallest absolute Gasteiger partial charge is 0.341 e. The minimum atomic E-state index is -0.497. The SMILES string of the molecule is COC(=O)C(=CC1CC=CCC1)C(=O)CCC(C)C. The molecule has 19 heavy (non-hydrogen) atoms. The van der Waals surface area contributed by atoms with E-state index >= 15 is 0 Å². The van der Waals surface area contributed by atoms with E-state index in [9.17, 15) is 9.59 Å². The topological polar surface area (TPSA) is 43.4 Å². The van der Waals surface area contributed by atoms with Crippen molar-refractivity contribution >= 4 is 11.8 Å². The largest absolute Gasteiger partial charge is 0.465 e. The van der Waals surface area contributed by atoms with Gasteiger partial charge in [0.05, 0.1) is 12.7 Å². The Morgan fingerprint density at radius 2 is 2.11 bits per heavy atom. The number of rotatable bonds is 6. The molecule has 1 aliphatic carbocycles. The summed E-state index contributed by atoms with van der Waals surface area (Å²) in [6, 6.07) is 0. The van der Waals surface area contributed by atoms with E-state index in [1.165, 1.54) is 7.11 Å². The Morgan fingerprint density at radius 1 is 1.37 bits per heavy atom. The molecule has 0 aliphatic heterocycles. The summed E-state index contributed by atoms with van der Waals surface area (Å²) in [6.45, 7) is 4.14. The summed E-state index contributed by atoms with van der Waals surface area (Å²) in [5.74, 6) is 0.154. The number of hydrogen-bond acceptors (Lipinski definition) is 3. The summed E-state index contributed by atoms with van der Waals surface area (Å²) in [4.78, 5) is 23.9. The molecule has 1 atom stereocenters. The molecule has 0 saturated heterocycles. The maximum Gasteiger partial charge on any atom is 0.341 e. The number of carbonyl (C=O) groups is 2. The second kappa shape index (κ2) is 7.93. The van der Waals surface area contributed by atoms with Gasteiger partial charge in [0.1, 0.15) is 0 Å². The van der Waals surface area contributed by atoms with Crippen LogP contribution in [0.25, 0.3) is 0 Å². The van der Waals surface area contributed by atoms with E-state index in [0.717, 1.165) is 25.7 Å². The summed E-state index contributed by atoms with van der Waals surface area (Å²) in [5, 5.41) is 0. The molecule has 0 heterocycles. The fourth-order valence-electron chi connectivity index (χ4n) is 2.14. The van der Waals surface area contributed by atoms with Crippen LogP contribution >= 0.6 is 0 Å². The van der Waals surface area contributed by atoms with Gasteiger partial charge in [-0.1, -0.05) is 32.1 Å². The van der Waals surface area contributed by atoms with Gasteiger partial charge in [0.25, 0.3) is 0 Å². The van der Waals surface area contributed by atoms with E-state index in [0.29, 0.717) is 12.3 Å². The molecule has 0 aromatic carbocycles. The molecule has 1 aliphatic rings. The minimum absolute atomic E-state index is 0.0879. The van der Waals surface area contributed by atoms with E-state index in [1.807, 2.05) is 6.08 Å². The van der Waals surface area contributed by atoms with Crippen molar-refractivity contribution in [2.24, 2.45) is 11.8 Å². The van der Waals surface area contributed by atoms with Crippen LogP contribution in [0.5, 0.6) is 0 Å². The Hall–Kier alpha value is -1.38. The van der Waals surface area contributed by atoms with Crippen LogP contribution < -0.4 is 0 Å². The molecule has 0 amide bonds. The van der Waals surface area contributed by atoms with Crippen molar-refractivity contribution in [3.63, 3.8) is 0 Å². The van der Waals surface area contributed by atoms with Crippen molar-refractivity contribution in [2.75, 3.05) is 7.11 Å². The van der Waals surface area contributed by atoms with Gasteiger partial charge >= 0.3 is 5.97 Å². The van der Waals surface area contributed by atoms with Crippen LogP contribution in [0.1, 0.15) is 46.0 Å². The highest BCUT2D eigenvalue weighted by molar-refractivity contribution is 6.17. The number of Topliss-reactive ketones (excluding diaryl/α,β-unsaturated/α-hetero) is 1. The molecule has 0 aromatic rings. The van der Waals surface area contributed by atoms with E-state index < -0.39 is 5.97 Å². The average molecular weight is 264 g/mol. The van der Waals surface area contributed by atoms with Gasteiger partial charge in [0.15, 0.2) is 5.78 Å². The van der Waals surface area contributed by atoms with E-state index in [-0.39, 0.29) is 17.3 Å². The number of ketones is 1. The van der Waals surface area contributed by atoms with Gasteiger partial charge in [-0.2, -0.15) is 0 Å². The predicted octanol–water partition coefficient (Wildman–Crippen LogP) is 3.45. The predicted molar refractivity (Wildman–Crippen MR) is 75.7 cm³/mol. The first kappa shape index (κ1) is 15.7. The molecule has 1 rings (SSSR count). The summed E-state index contributed by atoms with van der Waals surface area (Å²) < 4.78 is 4.74. The van der Waals surface area contributed by atoms with Gasteiger partial charge in [-0.25, -0.2) is 4.79 Å². The highest BCUT2D eigenvalue weighted by atomic mass is 16.5. The zero-order valence-electron chi connectivity index (χ0n) is 12.1. The standard InChI is InChI=1S/C16H24O3/c1-12(2)9-10-15(17)14(16(18)19-3)11-13-7-5-4-6-8-13/h4-5,11-13H,6-10H2,1-3H3. The van der Waals surface area contributed by atoms with Gasteiger partial charge in [0.2, 0.25) is 0 Å². The van der Waals surface area contributed by atoms with Crippen LogP contribution in [0.2, 0.25) is 0 Å². The molecular formula is C16H24O3.